The molecule has 1 aromatic carbocycles. The van der Waals surface area contributed by atoms with Crippen LogP contribution in [0.2, 0.25) is 0 Å². The van der Waals surface area contributed by atoms with Gasteiger partial charge in [-0.15, -0.1) is 11.3 Å². The summed E-state index contributed by atoms with van der Waals surface area (Å²) in [7, 11) is 0. The van der Waals surface area contributed by atoms with E-state index in [0.717, 1.165) is 23.4 Å². The van der Waals surface area contributed by atoms with Gasteiger partial charge in [-0.1, -0.05) is 12.1 Å². The third-order valence-electron chi connectivity index (χ3n) is 4.31. The molecule has 1 aromatic heterocycles. The number of hydrogen-bond acceptors (Lipinski definition) is 4. The van der Waals surface area contributed by atoms with Gasteiger partial charge in [-0.25, -0.2) is 9.37 Å². The van der Waals surface area contributed by atoms with Crippen molar-refractivity contribution in [3.8, 4) is 0 Å². The first-order valence-electron chi connectivity index (χ1n) is 8.20. The maximum absolute atomic E-state index is 12.9. The van der Waals surface area contributed by atoms with Crippen LogP contribution in [0, 0.1) is 5.82 Å². The number of rotatable bonds is 6. The standard InChI is InChI=1S/C18H19FN2O3S/c19-13-5-3-12(4-6-13)8-16-20-14(11-25-16)9-17(22)21-7-1-2-15(21)10-18(23)24/h3-6,11,15H,1-2,7-10H2,(H,23,24). The summed E-state index contributed by atoms with van der Waals surface area (Å²) in [5.41, 5.74) is 1.67. The fourth-order valence-corrected chi connectivity index (χ4v) is 3.95. The molecule has 25 heavy (non-hydrogen) atoms. The van der Waals surface area contributed by atoms with Crippen LogP contribution in [0.25, 0.3) is 0 Å². The third-order valence-corrected chi connectivity index (χ3v) is 5.21. The summed E-state index contributed by atoms with van der Waals surface area (Å²) in [5.74, 6) is -1.21. The molecule has 2 heterocycles. The van der Waals surface area contributed by atoms with Crippen molar-refractivity contribution >= 4 is 23.2 Å². The van der Waals surface area contributed by atoms with Crippen molar-refractivity contribution in [3.63, 3.8) is 0 Å². The number of aliphatic carboxylic acids is 1. The number of benzene rings is 1. The van der Waals surface area contributed by atoms with Crippen LogP contribution >= 0.6 is 11.3 Å². The summed E-state index contributed by atoms with van der Waals surface area (Å²) < 4.78 is 12.9. The molecule has 0 aliphatic carbocycles. The van der Waals surface area contributed by atoms with Gasteiger partial charge < -0.3 is 10.0 Å². The second-order valence-corrected chi connectivity index (χ2v) is 7.14. The minimum absolute atomic E-state index is 0.00137. The van der Waals surface area contributed by atoms with Crippen molar-refractivity contribution in [2.45, 2.75) is 38.1 Å². The molecule has 0 radical (unpaired) electrons. The van der Waals surface area contributed by atoms with Gasteiger partial charge in [0.2, 0.25) is 5.91 Å². The van der Waals surface area contributed by atoms with Gasteiger partial charge in [0.1, 0.15) is 5.82 Å². The predicted octanol–water partition coefficient (Wildman–Crippen LogP) is 2.88. The van der Waals surface area contributed by atoms with Gasteiger partial charge in [0.25, 0.3) is 0 Å². The van der Waals surface area contributed by atoms with Crippen molar-refractivity contribution in [2.24, 2.45) is 0 Å². The van der Waals surface area contributed by atoms with Gasteiger partial charge in [0, 0.05) is 24.4 Å². The Morgan fingerprint density at radius 2 is 2.08 bits per heavy atom. The highest BCUT2D eigenvalue weighted by Gasteiger charge is 2.30. The van der Waals surface area contributed by atoms with Gasteiger partial charge in [0.15, 0.2) is 0 Å². The lowest BCUT2D eigenvalue weighted by Gasteiger charge is -2.23. The molecule has 0 saturated carbocycles. The van der Waals surface area contributed by atoms with E-state index in [1.165, 1.54) is 23.5 Å². The average Bonchev–Trinajstić information content (AvgIpc) is 3.18. The van der Waals surface area contributed by atoms with E-state index in [0.29, 0.717) is 18.7 Å². The lowest BCUT2D eigenvalue weighted by atomic mass is 10.1. The Morgan fingerprint density at radius 3 is 2.80 bits per heavy atom. The molecule has 7 heteroatoms. The van der Waals surface area contributed by atoms with Crippen LogP contribution in [0.5, 0.6) is 0 Å². The zero-order valence-electron chi connectivity index (χ0n) is 13.7. The minimum Gasteiger partial charge on any atom is -0.481 e. The number of carbonyl (C=O) groups excluding carboxylic acids is 1. The molecule has 1 fully saturated rings. The van der Waals surface area contributed by atoms with E-state index in [4.69, 9.17) is 5.11 Å². The van der Waals surface area contributed by atoms with Crippen molar-refractivity contribution in [3.05, 3.63) is 51.7 Å². The van der Waals surface area contributed by atoms with Gasteiger partial charge >= 0.3 is 5.97 Å². The molecular formula is C18H19FN2O3S. The van der Waals surface area contributed by atoms with E-state index in [1.807, 2.05) is 5.38 Å². The summed E-state index contributed by atoms with van der Waals surface area (Å²) in [6.45, 7) is 0.614. The van der Waals surface area contributed by atoms with Crippen molar-refractivity contribution in [1.29, 1.82) is 0 Å². The topological polar surface area (TPSA) is 70.5 Å². The molecule has 2 aromatic rings. The van der Waals surface area contributed by atoms with E-state index >= 15 is 0 Å². The summed E-state index contributed by atoms with van der Waals surface area (Å²) >= 11 is 1.47. The number of thiazole rings is 1. The van der Waals surface area contributed by atoms with Crippen LogP contribution in [0.1, 0.15) is 35.5 Å². The molecular weight excluding hydrogens is 343 g/mol. The lowest BCUT2D eigenvalue weighted by molar-refractivity contribution is -0.139. The molecule has 3 rings (SSSR count). The normalized spacial score (nSPS) is 17.0. The van der Waals surface area contributed by atoms with E-state index in [-0.39, 0.29) is 30.6 Å². The number of nitrogens with zero attached hydrogens (tertiary/aromatic N) is 2. The first kappa shape index (κ1) is 17.5. The molecule has 1 N–H and O–H groups in total. The molecule has 1 saturated heterocycles. The molecule has 1 unspecified atom stereocenters. The number of carbonyl (C=O) groups is 2. The van der Waals surface area contributed by atoms with Crippen molar-refractivity contribution < 1.29 is 19.1 Å². The van der Waals surface area contributed by atoms with Crippen LogP contribution in [0.4, 0.5) is 4.39 Å². The number of aromatic nitrogens is 1. The number of hydrogen-bond donors (Lipinski definition) is 1. The fraction of sp³-hybridized carbons (Fsp3) is 0.389. The highest BCUT2D eigenvalue weighted by atomic mass is 32.1. The number of halogens is 1. The Hall–Kier alpha value is -2.28. The maximum atomic E-state index is 12.9. The minimum atomic E-state index is -0.875. The molecule has 1 amide bonds. The van der Waals surface area contributed by atoms with E-state index in [1.54, 1.807) is 17.0 Å². The quantitative estimate of drug-likeness (QED) is 0.858. The van der Waals surface area contributed by atoms with Crippen LogP contribution in [0.3, 0.4) is 0 Å². The van der Waals surface area contributed by atoms with Gasteiger partial charge in [-0.2, -0.15) is 0 Å². The molecule has 1 aliphatic rings. The van der Waals surface area contributed by atoms with Crippen LogP contribution < -0.4 is 0 Å². The molecule has 1 aliphatic heterocycles. The average molecular weight is 362 g/mol. The highest BCUT2D eigenvalue weighted by Crippen LogP contribution is 2.22. The summed E-state index contributed by atoms with van der Waals surface area (Å²) in [4.78, 5) is 29.5. The zero-order valence-corrected chi connectivity index (χ0v) is 14.5. The molecule has 1 atom stereocenters. The lowest BCUT2D eigenvalue weighted by Crippen LogP contribution is -2.37. The number of carboxylic acid groups (broad SMARTS) is 1. The summed E-state index contributed by atoms with van der Waals surface area (Å²) in [6.07, 6.45) is 2.38. The smallest absolute Gasteiger partial charge is 0.305 e. The SMILES string of the molecule is O=C(O)CC1CCCN1C(=O)Cc1csc(Cc2ccc(F)cc2)n1. The largest absolute Gasteiger partial charge is 0.481 e. The summed E-state index contributed by atoms with van der Waals surface area (Å²) in [6, 6.07) is 6.08. The van der Waals surface area contributed by atoms with E-state index in [9.17, 15) is 14.0 Å². The van der Waals surface area contributed by atoms with E-state index < -0.39 is 5.97 Å². The fourth-order valence-electron chi connectivity index (χ4n) is 3.12. The van der Waals surface area contributed by atoms with Crippen LogP contribution in [-0.2, 0) is 22.4 Å². The Balaban J connectivity index is 1.59. The first-order chi connectivity index (χ1) is 12.0. The van der Waals surface area contributed by atoms with Crippen LogP contribution in [0.15, 0.2) is 29.6 Å². The Kier molecular flexibility index (Phi) is 5.43. The summed E-state index contributed by atoms with van der Waals surface area (Å²) in [5, 5.41) is 11.7. The number of carboxylic acids is 1. The van der Waals surface area contributed by atoms with Gasteiger partial charge in [-0.3, -0.25) is 9.59 Å². The van der Waals surface area contributed by atoms with E-state index in [2.05, 4.69) is 4.98 Å². The molecule has 0 bridgehead atoms. The molecule has 0 spiro atoms. The van der Waals surface area contributed by atoms with Crippen molar-refractivity contribution in [2.75, 3.05) is 6.54 Å². The highest BCUT2D eigenvalue weighted by molar-refractivity contribution is 7.09. The second kappa shape index (κ2) is 7.74. The first-order valence-corrected chi connectivity index (χ1v) is 9.08. The Labute approximate surface area is 149 Å². The number of amides is 1. The zero-order chi connectivity index (χ0) is 17.8. The second-order valence-electron chi connectivity index (χ2n) is 6.19. The van der Waals surface area contributed by atoms with Crippen molar-refractivity contribution in [1.82, 2.24) is 9.88 Å². The predicted molar refractivity (Wildman–Crippen MR) is 92.0 cm³/mol. The monoisotopic (exact) mass is 362 g/mol. The Bertz CT molecular complexity index is 760. The number of likely N-dealkylation sites (tertiary alicyclic amines) is 1. The Morgan fingerprint density at radius 1 is 1.32 bits per heavy atom. The van der Waals surface area contributed by atoms with Gasteiger partial charge in [0.05, 0.1) is 23.5 Å². The third kappa shape index (κ3) is 4.63. The van der Waals surface area contributed by atoms with Crippen LogP contribution in [-0.4, -0.2) is 39.5 Å². The molecule has 5 nitrogen and oxygen atoms in total. The molecule has 132 valence electrons. The maximum Gasteiger partial charge on any atom is 0.305 e. The van der Waals surface area contributed by atoms with Gasteiger partial charge in [-0.05, 0) is 30.5 Å².